The second-order valence-corrected chi connectivity index (χ2v) is 7.15. The summed E-state index contributed by atoms with van der Waals surface area (Å²) in [5.41, 5.74) is 0.171. The second-order valence-electron chi connectivity index (χ2n) is 6.23. The SMILES string of the molecule is COc1ccc(Br)cc1CC(C)(O)CNC(C)(C)C. The van der Waals surface area contributed by atoms with Crippen molar-refractivity contribution in [3.63, 3.8) is 0 Å². The molecule has 0 aromatic heterocycles. The fraction of sp³-hybridized carbons (Fsp3) is 0.600. The average molecular weight is 330 g/mol. The fourth-order valence-electron chi connectivity index (χ4n) is 1.81. The molecule has 4 heteroatoms. The van der Waals surface area contributed by atoms with Gasteiger partial charge >= 0.3 is 0 Å². The molecule has 0 aliphatic carbocycles. The number of aliphatic hydroxyl groups is 1. The van der Waals surface area contributed by atoms with E-state index in [1.165, 1.54) is 0 Å². The van der Waals surface area contributed by atoms with Crippen molar-refractivity contribution >= 4 is 15.9 Å². The third-order valence-corrected chi connectivity index (χ3v) is 3.31. The number of rotatable bonds is 5. The van der Waals surface area contributed by atoms with Crippen LogP contribution in [0.15, 0.2) is 22.7 Å². The molecule has 0 aliphatic heterocycles. The van der Waals surface area contributed by atoms with Crippen molar-refractivity contribution in [3.8, 4) is 5.75 Å². The molecule has 2 N–H and O–H groups in total. The van der Waals surface area contributed by atoms with E-state index in [-0.39, 0.29) is 5.54 Å². The normalized spacial score (nSPS) is 15.1. The van der Waals surface area contributed by atoms with Gasteiger partial charge < -0.3 is 15.2 Å². The van der Waals surface area contributed by atoms with Gasteiger partial charge in [0.05, 0.1) is 12.7 Å². The lowest BCUT2D eigenvalue weighted by atomic mass is 9.94. The Balaban J connectivity index is 2.79. The molecule has 1 atom stereocenters. The molecule has 1 rings (SSSR count). The van der Waals surface area contributed by atoms with E-state index >= 15 is 0 Å². The van der Waals surface area contributed by atoms with Crippen LogP contribution in [-0.2, 0) is 6.42 Å². The molecule has 1 aromatic rings. The summed E-state index contributed by atoms with van der Waals surface area (Å²) in [7, 11) is 1.65. The third-order valence-electron chi connectivity index (χ3n) is 2.81. The van der Waals surface area contributed by atoms with Gasteiger partial charge in [0, 0.05) is 23.0 Å². The van der Waals surface area contributed by atoms with Gasteiger partial charge in [-0.2, -0.15) is 0 Å². The number of hydrogen-bond acceptors (Lipinski definition) is 3. The van der Waals surface area contributed by atoms with E-state index in [0.29, 0.717) is 13.0 Å². The van der Waals surface area contributed by atoms with Crippen LogP contribution in [-0.4, -0.2) is 29.9 Å². The van der Waals surface area contributed by atoms with E-state index in [0.717, 1.165) is 15.8 Å². The monoisotopic (exact) mass is 329 g/mol. The summed E-state index contributed by atoms with van der Waals surface area (Å²) < 4.78 is 6.33. The van der Waals surface area contributed by atoms with E-state index in [9.17, 15) is 5.11 Å². The van der Waals surface area contributed by atoms with E-state index in [1.807, 2.05) is 25.1 Å². The quantitative estimate of drug-likeness (QED) is 0.871. The van der Waals surface area contributed by atoms with E-state index in [2.05, 4.69) is 42.0 Å². The number of halogens is 1. The molecule has 108 valence electrons. The summed E-state index contributed by atoms with van der Waals surface area (Å²) in [6.07, 6.45) is 0.540. The standard InChI is InChI=1S/C15H24BrNO2/c1-14(2,3)17-10-15(4,18)9-11-8-12(16)6-7-13(11)19-5/h6-8,17-18H,9-10H2,1-5H3. The third kappa shape index (κ3) is 5.93. The smallest absolute Gasteiger partial charge is 0.122 e. The van der Waals surface area contributed by atoms with Crippen LogP contribution < -0.4 is 10.1 Å². The lowest BCUT2D eigenvalue weighted by Crippen LogP contribution is -2.47. The molecule has 0 fully saturated rings. The Morgan fingerprint density at radius 1 is 1.26 bits per heavy atom. The maximum atomic E-state index is 10.5. The zero-order chi connectivity index (χ0) is 14.7. The number of benzene rings is 1. The van der Waals surface area contributed by atoms with Crippen molar-refractivity contribution < 1.29 is 9.84 Å². The van der Waals surface area contributed by atoms with Crippen molar-refractivity contribution in [3.05, 3.63) is 28.2 Å². The molecule has 1 unspecified atom stereocenters. The minimum Gasteiger partial charge on any atom is -0.496 e. The average Bonchev–Trinajstić information content (AvgIpc) is 2.26. The molecule has 0 amide bonds. The summed E-state index contributed by atoms with van der Waals surface area (Å²) >= 11 is 3.45. The summed E-state index contributed by atoms with van der Waals surface area (Å²) in [5.74, 6) is 0.805. The Morgan fingerprint density at radius 2 is 1.89 bits per heavy atom. The maximum absolute atomic E-state index is 10.5. The minimum atomic E-state index is -0.818. The van der Waals surface area contributed by atoms with Gasteiger partial charge in [0.25, 0.3) is 0 Å². The minimum absolute atomic E-state index is 0.00858. The molecule has 0 spiro atoms. The van der Waals surface area contributed by atoms with Crippen LogP contribution in [0.25, 0.3) is 0 Å². The molecule has 1 aromatic carbocycles. The van der Waals surface area contributed by atoms with Gasteiger partial charge in [0.2, 0.25) is 0 Å². The van der Waals surface area contributed by atoms with Crippen molar-refractivity contribution in [1.82, 2.24) is 5.32 Å². The van der Waals surface area contributed by atoms with Gasteiger partial charge in [0.15, 0.2) is 0 Å². The van der Waals surface area contributed by atoms with Gasteiger partial charge in [-0.15, -0.1) is 0 Å². The van der Waals surface area contributed by atoms with Crippen LogP contribution in [0.4, 0.5) is 0 Å². The number of nitrogens with one attached hydrogen (secondary N) is 1. The van der Waals surface area contributed by atoms with Crippen LogP contribution >= 0.6 is 15.9 Å². The van der Waals surface area contributed by atoms with Gasteiger partial charge in [-0.25, -0.2) is 0 Å². The molecule has 0 radical (unpaired) electrons. The summed E-state index contributed by atoms with van der Waals surface area (Å²) in [6.45, 7) is 8.63. The molecular formula is C15H24BrNO2. The highest BCUT2D eigenvalue weighted by Gasteiger charge is 2.25. The highest BCUT2D eigenvalue weighted by molar-refractivity contribution is 9.10. The van der Waals surface area contributed by atoms with Crippen molar-refractivity contribution in [1.29, 1.82) is 0 Å². The Kier molecular flexibility index (Phi) is 5.42. The molecule has 0 heterocycles. The van der Waals surface area contributed by atoms with Crippen molar-refractivity contribution in [2.45, 2.75) is 45.3 Å². The molecule has 19 heavy (non-hydrogen) atoms. The zero-order valence-corrected chi connectivity index (χ0v) is 14.0. The first-order valence-corrected chi connectivity index (χ1v) is 7.22. The maximum Gasteiger partial charge on any atom is 0.122 e. The van der Waals surface area contributed by atoms with Gasteiger partial charge in [-0.05, 0) is 51.5 Å². The first-order chi connectivity index (χ1) is 8.63. The topological polar surface area (TPSA) is 41.5 Å². The number of β-amino-alcohol motifs (C(OH)–C–C–N with tert-alkyl or cyclic N) is 1. The van der Waals surface area contributed by atoms with Crippen molar-refractivity contribution in [2.24, 2.45) is 0 Å². The molecule has 0 aliphatic rings. The largest absolute Gasteiger partial charge is 0.496 e. The summed E-state index contributed by atoms with van der Waals surface area (Å²) in [4.78, 5) is 0. The Labute approximate surface area is 124 Å². The van der Waals surface area contributed by atoms with Gasteiger partial charge in [-0.1, -0.05) is 15.9 Å². The molecular weight excluding hydrogens is 306 g/mol. The second kappa shape index (κ2) is 6.25. The van der Waals surface area contributed by atoms with Crippen LogP contribution in [0.3, 0.4) is 0 Å². The lowest BCUT2D eigenvalue weighted by molar-refractivity contribution is 0.0529. The number of ether oxygens (including phenoxy) is 1. The van der Waals surface area contributed by atoms with E-state index < -0.39 is 5.60 Å². The highest BCUT2D eigenvalue weighted by atomic mass is 79.9. The van der Waals surface area contributed by atoms with Crippen molar-refractivity contribution in [2.75, 3.05) is 13.7 Å². The molecule has 0 saturated heterocycles. The fourth-order valence-corrected chi connectivity index (χ4v) is 2.22. The predicted octanol–water partition coefficient (Wildman–Crippen LogP) is 3.14. The zero-order valence-electron chi connectivity index (χ0n) is 12.4. The molecule has 0 bridgehead atoms. The van der Waals surface area contributed by atoms with Gasteiger partial charge in [-0.3, -0.25) is 0 Å². The predicted molar refractivity (Wildman–Crippen MR) is 82.8 cm³/mol. The van der Waals surface area contributed by atoms with Crippen LogP contribution in [0, 0.1) is 0 Å². The Bertz CT molecular complexity index is 425. The number of methoxy groups -OCH3 is 1. The first-order valence-electron chi connectivity index (χ1n) is 6.43. The summed E-state index contributed by atoms with van der Waals surface area (Å²) in [5, 5.41) is 13.8. The molecule has 0 saturated carbocycles. The Morgan fingerprint density at radius 3 is 2.42 bits per heavy atom. The van der Waals surface area contributed by atoms with Gasteiger partial charge in [0.1, 0.15) is 5.75 Å². The highest BCUT2D eigenvalue weighted by Crippen LogP contribution is 2.26. The first kappa shape index (κ1) is 16.5. The summed E-state index contributed by atoms with van der Waals surface area (Å²) in [6, 6.07) is 5.83. The van der Waals surface area contributed by atoms with Crippen LogP contribution in [0.2, 0.25) is 0 Å². The van der Waals surface area contributed by atoms with E-state index in [1.54, 1.807) is 7.11 Å². The molecule has 3 nitrogen and oxygen atoms in total. The van der Waals surface area contributed by atoms with E-state index in [4.69, 9.17) is 4.74 Å². The lowest BCUT2D eigenvalue weighted by Gasteiger charge is -2.30. The van der Waals surface area contributed by atoms with Crippen LogP contribution in [0.1, 0.15) is 33.3 Å². The van der Waals surface area contributed by atoms with Crippen LogP contribution in [0.5, 0.6) is 5.75 Å². The Hall–Kier alpha value is -0.580. The number of hydrogen-bond donors (Lipinski definition) is 2.